The van der Waals surface area contributed by atoms with Crippen molar-refractivity contribution in [2.75, 3.05) is 0 Å². The molecule has 0 N–H and O–H groups in total. The van der Waals surface area contributed by atoms with E-state index in [0.29, 0.717) is 27.1 Å². The minimum atomic E-state index is 0.542. The summed E-state index contributed by atoms with van der Waals surface area (Å²) in [6.45, 7) is 93.9. The van der Waals surface area contributed by atoms with Crippen LogP contribution in [-0.4, -0.2) is 0 Å². The first-order valence-electron chi connectivity index (χ1n) is 45.2. The molecule has 5 fully saturated rings. The molecule has 0 heterocycles. The van der Waals surface area contributed by atoms with Crippen LogP contribution in [-0.2, 0) is 0 Å². The summed E-state index contributed by atoms with van der Waals surface area (Å²) in [6.07, 6.45) is 54.8. The zero-order chi connectivity index (χ0) is 78.6. The number of unbranched alkanes of at least 4 members (excludes halogenated alkanes) is 6. The SMILES string of the molecule is CC1C(C)(C)CCC1(C)C.CC1CC(C)C(C)C1.CC1CCCCC1.CCC(C)(C)C.CCC(C)CC.CCCC(C)(C)C.CCCC(C)C.CCCC(C)C.CCCC1CC1.CCCCC(C)C.CCCCC(C)C.CCCCCCC.CCC[C@H](C)CC.C[C@@H]1CCCC1(C)C. The van der Waals surface area contributed by atoms with Gasteiger partial charge in [0.1, 0.15) is 0 Å². The fraction of sp³-hybridized carbons (Fsp3) is 1.00. The summed E-state index contributed by atoms with van der Waals surface area (Å²) in [4.78, 5) is 0. The van der Waals surface area contributed by atoms with Crippen molar-refractivity contribution in [3.63, 3.8) is 0 Å². The van der Waals surface area contributed by atoms with Crippen LogP contribution in [0.5, 0.6) is 0 Å². The van der Waals surface area contributed by atoms with E-state index in [9.17, 15) is 0 Å². The van der Waals surface area contributed by atoms with Crippen LogP contribution in [0, 0.1) is 104 Å². The van der Waals surface area contributed by atoms with Gasteiger partial charge in [0.25, 0.3) is 0 Å². The van der Waals surface area contributed by atoms with Gasteiger partial charge in [-0.05, 0) is 143 Å². The molecule has 5 rings (SSSR count). The van der Waals surface area contributed by atoms with Crippen molar-refractivity contribution in [2.24, 2.45) is 104 Å². The zero-order valence-electron chi connectivity index (χ0n) is 78.6. The van der Waals surface area contributed by atoms with E-state index >= 15 is 0 Å². The predicted octanol–water partition coefficient (Wildman–Crippen LogP) is 37.8. The lowest BCUT2D eigenvalue weighted by molar-refractivity contribution is 0.179. The van der Waals surface area contributed by atoms with Gasteiger partial charge in [0.15, 0.2) is 0 Å². The van der Waals surface area contributed by atoms with Crippen LogP contribution in [0.1, 0.15) is 534 Å². The second kappa shape index (κ2) is 76.6. The van der Waals surface area contributed by atoms with Gasteiger partial charge in [0.2, 0.25) is 0 Å². The Bertz CT molecular complexity index is 1350. The van der Waals surface area contributed by atoms with E-state index in [4.69, 9.17) is 0 Å². The monoisotopic (exact) mass is 1390 g/mol. The van der Waals surface area contributed by atoms with Crippen LogP contribution in [0.4, 0.5) is 0 Å². The Balaban J connectivity index is -0.000000125. The molecule has 0 heteroatoms. The van der Waals surface area contributed by atoms with Gasteiger partial charge in [0, 0.05) is 0 Å². The van der Waals surface area contributed by atoms with E-state index in [1.165, 1.54) is 250 Å². The lowest BCUT2D eigenvalue weighted by atomic mass is 9.74. The van der Waals surface area contributed by atoms with Crippen LogP contribution < -0.4 is 0 Å². The third kappa shape index (κ3) is 102. The molecular formula is C98H214. The Labute approximate surface area is 634 Å². The molecule has 0 saturated heterocycles. The molecule has 0 aromatic rings. The van der Waals surface area contributed by atoms with E-state index in [0.717, 1.165) is 76.9 Å². The van der Waals surface area contributed by atoms with Gasteiger partial charge in [-0.1, -0.05) is 496 Å². The quantitative estimate of drug-likeness (QED) is 0.0948. The first-order chi connectivity index (χ1) is 45.2. The molecule has 98 heavy (non-hydrogen) atoms. The van der Waals surface area contributed by atoms with Crippen LogP contribution in [0.3, 0.4) is 0 Å². The molecule has 0 aromatic heterocycles. The zero-order valence-corrected chi connectivity index (χ0v) is 78.6. The Kier molecular flexibility index (Phi) is 91.0. The first-order valence-corrected chi connectivity index (χ1v) is 45.2. The molecule has 2 unspecified atom stereocenters. The molecule has 0 aliphatic heterocycles. The van der Waals surface area contributed by atoms with Gasteiger partial charge in [-0.25, -0.2) is 0 Å². The summed E-state index contributed by atoms with van der Waals surface area (Å²) >= 11 is 0. The molecule has 0 spiro atoms. The Hall–Kier alpha value is 0. The highest BCUT2D eigenvalue weighted by Crippen LogP contribution is 2.53. The van der Waals surface area contributed by atoms with Crippen LogP contribution in [0.15, 0.2) is 0 Å². The molecule has 0 bridgehead atoms. The number of hydrogen-bond acceptors (Lipinski definition) is 0. The number of rotatable bonds is 22. The van der Waals surface area contributed by atoms with Gasteiger partial charge < -0.3 is 0 Å². The summed E-state index contributed by atoms with van der Waals surface area (Å²) in [5.41, 5.74) is 2.92. The Morgan fingerprint density at radius 1 is 0.327 bits per heavy atom. The summed E-state index contributed by atoms with van der Waals surface area (Å²) in [6, 6.07) is 0. The summed E-state index contributed by atoms with van der Waals surface area (Å²) in [5, 5.41) is 0. The fourth-order valence-electron chi connectivity index (χ4n) is 12.4. The Morgan fingerprint density at radius 2 is 0.684 bits per heavy atom. The molecule has 5 aliphatic carbocycles. The summed E-state index contributed by atoms with van der Waals surface area (Å²) in [5.74, 6) is 12.5. The van der Waals surface area contributed by atoms with Gasteiger partial charge in [0.05, 0.1) is 0 Å². The highest BCUT2D eigenvalue weighted by molar-refractivity contribution is 4.93. The summed E-state index contributed by atoms with van der Waals surface area (Å²) < 4.78 is 0. The minimum Gasteiger partial charge on any atom is -0.0654 e. The van der Waals surface area contributed by atoms with Gasteiger partial charge in [-0.2, -0.15) is 0 Å². The van der Waals surface area contributed by atoms with Crippen LogP contribution >= 0.6 is 0 Å². The molecule has 0 nitrogen and oxygen atoms in total. The Morgan fingerprint density at radius 3 is 0.786 bits per heavy atom. The molecular weight excluding hydrogens is 1180 g/mol. The molecule has 606 valence electrons. The molecule has 5 aliphatic rings. The van der Waals surface area contributed by atoms with E-state index in [1.807, 2.05) is 0 Å². The standard InChI is InChI=1S/C10H20.2C8H16.C7H14.5C7H16.C6H12.4C6H14/c1-8-9(2,3)6-7-10(8,4)5;1-6-4-7(2)8(3)5-6;1-7-5-4-6-8(7,2)3;1-7-5-3-2-4-6-7;1-5-6-7(2,3)4;2*1-4-5-6-7(2)3;1-4-6-7(3)5-2;1-3-5-7-6-4-2;1-2-3-6-4-5-6;1-5-6(2,3)4;2*1-4-5-6(2)3;1-4-6(3)5-2/h8H,6-7H2,1-5H3;6-8H,4-5H2,1-3H3;7H,4-6H2,1-3H3;7H,2-6H2,1H3;5-6H2,1-4H3;3*7H,4-6H2,1-3H3;3-7H2,1-2H3;6H,2-5H2,1H3;5H2,1-4H3;3*6H,4-5H2,1-3H3/t;;7-;;;;;7-;;;;;;/m..1....1....../s1. The highest BCUT2D eigenvalue weighted by Gasteiger charge is 2.43. The van der Waals surface area contributed by atoms with Crippen molar-refractivity contribution >= 4 is 0 Å². The minimum absolute atomic E-state index is 0.542. The van der Waals surface area contributed by atoms with Crippen molar-refractivity contribution in [3.8, 4) is 0 Å². The maximum absolute atomic E-state index is 2.40. The molecule has 4 atom stereocenters. The van der Waals surface area contributed by atoms with E-state index < -0.39 is 0 Å². The smallest absolute Gasteiger partial charge is 0.0323 e. The molecule has 0 amide bonds. The van der Waals surface area contributed by atoms with Crippen LogP contribution in [0.2, 0.25) is 0 Å². The van der Waals surface area contributed by atoms with Gasteiger partial charge in [-0.3, -0.25) is 0 Å². The van der Waals surface area contributed by atoms with Gasteiger partial charge >= 0.3 is 0 Å². The lowest BCUT2D eigenvalue weighted by Gasteiger charge is -2.31. The largest absolute Gasteiger partial charge is 0.0654 e. The van der Waals surface area contributed by atoms with E-state index in [2.05, 4.69) is 284 Å². The average molecular weight is 1390 g/mol. The summed E-state index contributed by atoms with van der Waals surface area (Å²) in [7, 11) is 0. The maximum atomic E-state index is 2.40. The normalized spacial score (nSPS) is 19.7. The van der Waals surface area contributed by atoms with Crippen molar-refractivity contribution in [3.05, 3.63) is 0 Å². The van der Waals surface area contributed by atoms with Crippen molar-refractivity contribution < 1.29 is 0 Å². The predicted molar refractivity (Wildman–Crippen MR) is 470 cm³/mol. The maximum Gasteiger partial charge on any atom is -0.0323 e. The topological polar surface area (TPSA) is 0 Å². The third-order valence-corrected chi connectivity index (χ3v) is 22.5. The number of hydrogen-bond donors (Lipinski definition) is 0. The molecule has 0 aromatic carbocycles. The average Bonchev–Trinajstić information content (AvgIpc) is 1.69. The second-order valence-corrected chi connectivity index (χ2v) is 39.4. The van der Waals surface area contributed by atoms with Crippen molar-refractivity contribution in [1.29, 1.82) is 0 Å². The second-order valence-electron chi connectivity index (χ2n) is 39.4. The lowest BCUT2D eigenvalue weighted by Crippen LogP contribution is -2.24. The van der Waals surface area contributed by atoms with Crippen LogP contribution in [0.25, 0.3) is 0 Å². The first kappa shape index (κ1) is 116. The molecule has 5 saturated carbocycles. The van der Waals surface area contributed by atoms with Crippen molar-refractivity contribution in [1.82, 2.24) is 0 Å². The molecule has 0 radical (unpaired) electrons. The fourth-order valence-corrected chi connectivity index (χ4v) is 12.4. The third-order valence-electron chi connectivity index (χ3n) is 22.5. The highest BCUT2D eigenvalue weighted by atomic mass is 14.5. The van der Waals surface area contributed by atoms with E-state index in [-0.39, 0.29) is 0 Å². The van der Waals surface area contributed by atoms with Crippen molar-refractivity contribution in [2.45, 2.75) is 534 Å². The van der Waals surface area contributed by atoms with E-state index in [1.54, 1.807) is 0 Å². The van der Waals surface area contributed by atoms with Gasteiger partial charge in [-0.15, -0.1) is 0 Å².